The minimum Gasteiger partial charge on any atom is -0.493 e. The van der Waals surface area contributed by atoms with Crippen molar-refractivity contribution in [3.63, 3.8) is 0 Å². The lowest BCUT2D eigenvalue weighted by atomic mass is 10.1. The molecular weight excluding hydrogens is 302 g/mol. The van der Waals surface area contributed by atoms with Crippen LogP contribution in [0.4, 0.5) is 0 Å². The lowest BCUT2D eigenvalue weighted by Gasteiger charge is -2.13. The molecule has 0 saturated heterocycles. The third-order valence-corrected chi connectivity index (χ3v) is 2.82. The van der Waals surface area contributed by atoms with E-state index >= 15 is 0 Å². The molecule has 0 aliphatic carbocycles. The van der Waals surface area contributed by atoms with E-state index in [-0.39, 0.29) is 0 Å². The normalized spacial score (nSPS) is 10.2. The van der Waals surface area contributed by atoms with Crippen molar-refractivity contribution in [2.24, 2.45) is 0 Å². The second-order valence-electron chi connectivity index (χ2n) is 3.43. The van der Waals surface area contributed by atoms with Gasteiger partial charge in [0, 0.05) is 11.6 Å². The highest BCUT2D eigenvalue weighted by atomic mass is 79.9. The van der Waals surface area contributed by atoms with Gasteiger partial charge in [0.25, 0.3) is 0 Å². The molecule has 2 rings (SSSR count). The second kappa shape index (κ2) is 5.30. The maximum atomic E-state index is 5.27. The Morgan fingerprint density at radius 2 is 1.61 bits per heavy atom. The minimum atomic E-state index is 0.548. The maximum Gasteiger partial charge on any atom is 0.203 e. The molecule has 1 aromatic heterocycles. The Labute approximate surface area is 113 Å². The Hall–Kier alpha value is -1.69. The van der Waals surface area contributed by atoms with Crippen molar-refractivity contribution in [3.05, 3.63) is 22.9 Å². The van der Waals surface area contributed by atoms with E-state index in [0.717, 1.165) is 5.56 Å². The fourth-order valence-corrected chi connectivity index (χ4v) is 1.91. The molecule has 5 nitrogen and oxygen atoms in total. The molecule has 0 N–H and O–H groups in total. The lowest BCUT2D eigenvalue weighted by molar-refractivity contribution is 0.324. The Balaban J connectivity index is 2.56. The van der Waals surface area contributed by atoms with Gasteiger partial charge in [-0.1, -0.05) is 5.16 Å². The summed E-state index contributed by atoms with van der Waals surface area (Å²) in [5, 5.41) is 3.92. The van der Waals surface area contributed by atoms with E-state index in [0.29, 0.717) is 27.6 Å². The third kappa shape index (κ3) is 2.28. The average molecular weight is 314 g/mol. The molecule has 1 heterocycles. The van der Waals surface area contributed by atoms with Crippen molar-refractivity contribution < 1.29 is 18.7 Å². The molecule has 0 bridgehead atoms. The van der Waals surface area contributed by atoms with Gasteiger partial charge in [-0.05, 0) is 28.1 Å². The van der Waals surface area contributed by atoms with Crippen molar-refractivity contribution in [2.75, 3.05) is 21.3 Å². The highest BCUT2D eigenvalue weighted by molar-refractivity contribution is 9.10. The van der Waals surface area contributed by atoms with E-state index in [4.69, 9.17) is 18.7 Å². The van der Waals surface area contributed by atoms with Crippen molar-refractivity contribution in [2.45, 2.75) is 0 Å². The van der Waals surface area contributed by atoms with E-state index < -0.39 is 0 Å². The second-order valence-corrected chi connectivity index (χ2v) is 4.21. The van der Waals surface area contributed by atoms with Crippen LogP contribution in [0.2, 0.25) is 0 Å². The van der Waals surface area contributed by atoms with Crippen LogP contribution in [0, 0.1) is 0 Å². The highest BCUT2D eigenvalue weighted by Crippen LogP contribution is 2.41. The van der Waals surface area contributed by atoms with Gasteiger partial charge in [0.15, 0.2) is 11.5 Å². The van der Waals surface area contributed by atoms with E-state index in [1.165, 1.54) is 0 Å². The van der Waals surface area contributed by atoms with Gasteiger partial charge in [0.05, 0.1) is 21.3 Å². The largest absolute Gasteiger partial charge is 0.493 e. The molecule has 96 valence electrons. The van der Waals surface area contributed by atoms with Crippen molar-refractivity contribution in [1.29, 1.82) is 0 Å². The number of methoxy groups -OCH3 is 3. The van der Waals surface area contributed by atoms with Crippen LogP contribution in [-0.2, 0) is 0 Å². The Morgan fingerprint density at radius 3 is 2.00 bits per heavy atom. The summed E-state index contributed by atoms with van der Waals surface area (Å²) >= 11 is 3.21. The first-order valence-corrected chi connectivity index (χ1v) is 5.91. The summed E-state index contributed by atoms with van der Waals surface area (Å²) in [7, 11) is 4.70. The molecule has 0 atom stereocenters. The molecule has 6 heteroatoms. The molecule has 0 saturated carbocycles. The monoisotopic (exact) mass is 313 g/mol. The van der Waals surface area contributed by atoms with Gasteiger partial charge in [0.2, 0.25) is 10.4 Å². The van der Waals surface area contributed by atoms with Crippen LogP contribution in [-0.4, -0.2) is 26.5 Å². The first-order chi connectivity index (χ1) is 8.69. The summed E-state index contributed by atoms with van der Waals surface area (Å²) in [4.78, 5) is 0. The van der Waals surface area contributed by atoms with Crippen molar-refractivity contribution >= 4 is 15.9 Å². The summed E-state index contributed by atoms with van der Waals surface area (Å²) in [6, 6.07) is 5.39. The predicted octanol–water partition coefficient (Wildman–Crippen LogP) is 3.13. The predicted molar refractivity (Wildman–Crippen MR) is 69.3 cm³/mol. The minimum absolute atomic E-state index is 0.548. The van der Waals surface area contributed by atoms with Gasteiger partial charge in [-0.3, -0.25) is 0 Å². The number of benzene rings is 1. The smallest absolute Gasteiger partial charge is 0.203 e. The van der Waals surface area contributed by atoms with Gasteiger partial charge in [-0.25, -0.2) is 0 Å². The van der Waals surface area contributed by atoms with Crippen LogP contribution in [0.5, 0.6) is 17.2 Å². The van der Waals surface area contributed by atoms with E-state index in [1.54, 1.807) is 27.4 Å². The fraction of sp³-hybridized carbons (Fsp3) is 0.250. The zero-order valence-electron chi connectivity index (χ0n) is 10.2. The zero-order valence-corrected chi connectivity index (χ0v) is 11.8. The third-order valence-electron chi connectivity index (χ3n) is 2.44. The number of ether oxygens (including phenoxy) is 3. The van der Waals surface area contributed by atoms with Crippen molar-refractivity contribution in [1.82, 2.24) is 5.16 Å². The fourth-order valence-electron chi connectivity index (χ4n) is 1.62. The molecule has 0 aliphatic heterocycles. The number of hydrogen-bond acceptors (Lipinski definition) is 5. The van der Waals surface area contributed by atoms with Crippen LogP contribution < -0.4 is 14.2 Å². The summed E-state index contributed by atoms with van der Waals surface area (Å²) in [6.45, 7) is 0. The molecule has 0 unspecified atom stereocenters. The number of rotatable bonds is 4. The number of nitrogens with zero attached hydrogens (tertiary/aromatic N) is 1. The average Bonchev–Trinajstić information content (AvgIpc) is 2.83. The summed E-state index contributed by atoms with van der Waals surface area (Å²) in [6.07, 6.45) is 0. The van der Waals surface area contributed by atoms with Gasteiger partial charge >= 0.3 is 0 Å². The van der Waals surface area contributed by atoms with E-state index in [1.807, 2.05) is 12.1 Å². The molecule has 1 aromatic carbocycles. The highest BCUT2D eigenvalue weighted by Gasteiger charge is 2.15. The first kappa shape index (κ1) is 12.8. The van der Waals surface area contributed by atoms with Crippen LogP contribution in [0.3, 0.4) is 0 Å². The van der Waals surface area contributed by atoms with Gasteiger partial charge in [-0.2, -0.15) is 0 Å². The summed E-state index contributed by atoms with van der Waals surface area (Å²) in [5.74, 6) is 1.70. The topological polar surface area (TPSA) is 53.7 Å². The zero-order chi connectivity index (χ0) is 13.1. The van der Waals surface area contributed by atoms with Crippen LogP contribution in [0.1, 0.15) is 0 Å². The quantitative estimate of drug-likeness (QED) is 0.868. The SMILES string of the molecule is COc1cc(-c2cc(Br)on2)cc(OC)c1OC. The number of halogens is 1. The molecular formula is C12H12BrNO4. The van der Waals surface area contributed by atoms with Crippen molar-refractivity contribution in [3.8, 4) is 28.5 Å². The molecule has 2 aromatic rings. The van der Waals surface area contributed by atoms with Gasteiger partial charge in [-0.15, -0.1) is 0 Å². The molecule has 0 amide bonds. The molecule has 0 aliphatic rings. The standard InChI is InChI=1S/C12H12BrNO4/c1-15-9-4-7(8-6-11(13)18-14-8)5-10(16-2)12(9)17-3/h4-6H,1-3H3. The van der Waals surface area contributed by atoms with Crippen LogP contribution in [0.25, 0.3) is 11.3 Å². The Bertz CT molecular complexity index is 528. The summed E-state index contributed by atoms with van der Waals surface area (Å²) in [5.41, 5.74) is 1.50. The lowest BCUT2D eigenvalue weighted by Crippen LogP contribution is -1.95. The Morgan fingerprint density at radius 1 is 1.00 bits per heavy atom. The molecule has 0 spiro atoms. The van der Waals surface area contributed by atoms with Gasteiger partial charge in [0.1, 0.15) is 5.69 Å². The molecule has 0 radical (unpaired) electrons. The van der Waals surface area contributed by atoms with Crippen LogP contribution in [0.15, 0.2) is 27.4 Å². The molecule has 0 fully saturated rings. The van der Waals surface area contributed by atoms with E-state index in [2.05, 4.69) is 21.1 Å². The molecule has 18 heavy (non-hydrogen) atoms. The summed E-state index contributed by atoms with van der Waals surface area (Å²) < 4.78 is 21.3. The van der Waals surface area contributed by atoms with Gasteiger partial charge < -0.3 is 18.7 Å². The van der Waals surface area contributed by atoms with E-state index in [9.17, 15) is 0 Å². The maximum absolute atomic E-state index is 5.27. The van der Waals surface area contributed by atoms with Crippen LogP contribution >= 0.6 is 15.9 Å². The first-order valence-electron chi connectivity index (χ1n) is 5.12. The Kier molecular flexibility index (Phi) is 3.76. The number of hydrogen-bond donors (Lipinski definition) is 0. The number of aromatic nitrogens is 1.